The van der Waals surface area contributed by atoms with Crippen molar-refractivity contribution in [1.29, 1.82) is 0 Å². The van der Waals surface area contributed by atoms with Gasteiger partial charge in [0.25, 0.3) is 0 Å². The Labute approximate surface area is 101 Å². The second-order valence-corrected chi connectivity index (χ2v) is 4.45. The van der Waals surface area contributed by atoms with E-state index in [0.717, 1.165) is 24.8 Å². The van der Waals surface area contributed by atoms with Gasteiger partial charge in [-0.25, -0.2) is 4.79 Å². The van der Waals surface area contributed by atoms with Crippen LogP contribution in [0.3, 0.4) is 0 Å². The van der Waals surface area contributed by atoms with Crippen LogP contribution >= 0.6 is 0 Å². The molecule has 1 fully saturated rings. The SMILES string of the molecule is CCOC(=O)c1ccc(C2CCCC2O)cc1. The fourth-order valence-electron chi connectivity index (χ4n) is 2.41. The summed E-state index contributed by atoms with van der Waals surface area (Å²) in [5.41, 5.74) is 1.69. The molecule has 0 radical (unpaired) electrons. The summed E-state index contributed by atoms with van der Waals surface area (Å²) in [7, 11) is 0. The summed E-state index contributed by atoms with van der Waals surface area (Å²) in [6.07, 6.45) is 2.75. The molecule has 2 rings (SSSR count). The summed E-state index contributed by atoms with van der Waals surface area (Å²) >= 11 is 0. The molecule has 1 saturated carbocycles. The van der Waals surface area contributed by atoms with Gasteiger partial charge in [0, 0.05) is 5.92 Å². The summed E-state index contributed by atoms with van der Waals surface area (Å²) < 4.78 is 4.93. The predicted octanol–water partition coefficient (Wildman–Crippen LogP) is 2.49. The first-order valence-corrected chi connectivity index (χ1v) is 6.17. The highest BCUT2D eigenvalue weighted by Gasteiger charge is 2.26. The van der Waals surface area contributed by atoms with Crippen LogP contribution in [0.5, 0.6) is 0 Å². The van der Waals surface area contributed by atoms with E-state index in [2.05, 4.69) is 0 Å². The lowest BCUT2D eigenvalue weighted by molar-refractivity contribution is 0.0526. The quantitative estimate of drug-likeness (QED) is 0.817. The van der Waals surface area contributed by atoms with Gasteiger partial charge in [-0.05, 0) is 37.5 Å². The van der Waals surface area contributed by atoms with Gasteiger partial charge in [0.05, 0.1) is 18.3 Å². The minimum absolute atomic E-state index is 0.228. The fraction of sp³-hybridized carbons (Fsp3) is 0.500. The number of hydrogen-bond donors (Lipinski definition) is 1. The third-order valence-corrected chi connectivity index (χ3v) is 3.33. The van der Waals surface area contributed by atoms with Gasteiger partial charge in [-0.3, -0.25) is 0 Å². The normalized spacial score (nSPS) is 23.6. The van der Waals surface area contributed by atoms with Crippen LogP contribution in [0, 0.1) is 0 Å². The molecule has 1 aromatic carbocycles. The Morgan fingerprint density at radius 1 is 1.35 bits per heavy atom. The molecule has 2 atom stereocenters. The molecule has 1 aliphatic carbocycles. The number of rotatable bonds is 3. The molecular formula is C14H18O3. The van der Waals surface area contributed by atoms with Crippen molar-refractivity contribution in [2.75, 3.05) is 6.61 Å². The van der Waals surface area contributed by atoms with Gasteiger partial charge < -0.3 is 9.84 Å². The highest BCUT2D eigenvalue weighted by atomic mass is 16.5. The van der Waals surface area contributed by atoms with Crippen LogP contribution in [-0.2, 0) is 4.74 Å². The third-order valence-electron chi connectivity index (χ3n) is 3.33. The predicted molar refractivity (Wildman–Crippen MR) is 65.0 cm³/mol. The number of carbonyl (C=O) groups is 1. The largest absolute Gasteiger partial charge is 0.462 e. The van der Waals surface area contributed by atoms with Crippen LogP contribution in [0.25, 0.3) is 0 Å². The molecule has 1 aliphatic rings. The van der Waals surface area contributed by atoms with E-state index in [4.69, 9.17) is 4.74 Å². The van der Waals surface area contributed by atoms with Crippen molar-refractivity contribution >= 4 is 5.97 Å². The first-order valence-electron chi connectivity index (χ1n) is 6.17. The molecular weight excluding hydrogens is 216 g/mol. The number of aliphatic hydroxyl groups excluding tert-OH is 1. The van der Waals surface area contributed by atoms with E-state index in [0.29, 0.717) is 12.2 Å². The Bertz CT molecular complexity index is 383. The maximum atomic E-state index is 11.5. The number of esters is 1. The molecule has 0 aromatic heterocycles. The van der Waals surface area contributed by atoms with E-state index in [-0.39, 0.29) is 18.0 Å². The molecule has 3 heteroatoms. The lowest BCUT2D eigenvalue weighted by atomic mass is 9.95. The van der Waals surface area contributed by atoms with Crippen molar-refractivity contribution < 1.29 is 14.6 Å². The maximum absolute atomic E-state index is 11.5. The number of ether oxygens (including phenoxy) is 1. The van der Waals surface area contributed by atoms with Crippen LogP contribution in [-0.4, -0.2) is 23.8 Å². The Kier molecular flexibility index (Phi) is 3.79. The first kappa shape index (κ1) is 12.1. The van der Waals surface area contributed by atoms with Crippen molar-refractivity contribution in [3.05, 3.63) is 35.4 Å². The molecule has 2 unspecified atom stereocenters. The zero-order valence-electron chi connectivity index (χ0n) is 10.1. The molecule has 0 saturated heterocycles. The Balaban J connectivity index is 2.10. The topological polar surface area (TPSA) is 46.5 Å². The van der Waals surface area contributed by atoms with E-state index in [9.17, 15) is 9.90 Å². The highest BCUT2D eigenvalue weighted by molar-refractivity contribution is 5.89. The van der Waals surface area contributed by atoms with Crippen molar-refractivity contribution in [2.24, 2.45) is 0 Å². The van der Waals surface area contributed by atoms with Gasteiger partial charge in [-0.2, -0.15) is 0 Å². The summed E-state index contributed by atoms with van der Waals surface area (Å²) in [5, 5.41) is 9.81. The van der Waals surface area contributed by atoms with Crippen molar-refractivity contribution in [1.82, 2.24) is 0 Å². The third kappa shape index (κ3) is 2.67. The average Bonchev–Trinajstić information content (AvgIpc) is 2.76. The van der Waals surface area contributed by atoms with Gasteiger partial charge in [-0.15, -0.1) is 0 Å². The Hall–Kier alpha value is -1.35. The highest BCUT2D eigenvalue weighted by Crippen LogP contribution is 2.34. The van der Waals surface area contributed by atoms with Gasteiger partial charge in [0.1, 0.15) is 0 Å². The van der Waals surface area contributed by atoms with Crippen molar-refractivity contribution in [2.45, 2.75) is 38.2 Å². The molecule has 1 N–H and O–H groups in total. The Morgan fingerprint density at radius 2 is 2.06 bits per heavy atom. The number of benzene rings is 1. The minimum atomic E-state index is -0.286. The zero-order chi connectivity index (χ0) is 12.3. The van der Waals surface area contributed by atoms with Crippen LogP contribution in [0.15, 0.2) is 24.3 Å². The van der Waals surface area contributed by atoms with Gasteiger partial charge >= 0.3 is 5.97 Å². The summed E-state index contributed by atoms with van der Waals surface area (Å²) in [6.45, 7) is 2.18. The number of carbonyl (C=O) groups excluding carboxylic acids is 1. The lowest BCUT2D eigenvalue weighted by Gasteiger charge is -2.14. The van der Waals surface area contributed by atoms with Crippen LogP contribution in [0.2, 0.25) is 0 Å². The number of hydrogen-bond acceptors (Lipinski definition) is 3. The fourth-order valence-corrected chi connectivity index (χ4v) is 2.41. The lowest BCUT2D eigenvalue weighted by Crippen LogP contribution is -2.11. The average molecular weight is 234 g/mol. The Morgan fingerprint density at radius 3 is 2.59 bits per heavy atom. The van der Waals surface area contributed by atoms with Gasteiger partial charge in [0.15, 0.2) is 0 Å². The summed E-state index contributed by atoms with van der Waals surface area (Å²) in [6, 6.07) is 7.40. The van der Waals surface area contributed by atoms with Crippen molar-refractivity contribution in [3.63, 3.8) is 0 Å². The molecule has 3 nitrogen and oxygen atoms in total. The molecule has 1 aromatic rings. The van der Waals surface area contributed by atoms with E-state index >= 15 is 0 Å². The molecule has 17 heavy (non-hydrogen) atoms. The van der Waals surface area contributed by atoms with Crippen molar-refractivity contribution in [3.8, 4) is 0 Å². The second kappa shape index (κ2) is 5.32. The van der Waals surface area contributed by atoms with E-state index < -0.39 is 0 Å². The molecule has 0 bridgehead atoms. The standard InChI is InChI=1S/C14H18O3/c1-2-17-14(16)11-8-6-10(7-9-11)12-4-3-5-13(12)15/h6-9,12-13,15H,2-5H2,1H3. The second-order valence-electron chi connectivity index (χ2n) is 4.45. The summed E-state index contributed by atoms with van der Waals surface area (Å²) in [4.78, 5) is 11.5. The molecule has 0 aliphatic heterocycles. The first-order chi connectivity index (χ1) is 8.22. The molecule has 0 amide bonds. The number of aliphatic hydroxyl groups is 1. The maximum Gasteiger partial charge on any atom is 0.338 e. The molecule has 92 valence electrons. The summed E-state index contributed by atoms with van der Waals surface area (Å²) in [5.74, 6) is -0.0581. The van der Waals surface area contributed by atoms with Gasteiger partial charge in [0.2, 0.25) is 0 Å². The molecule has 0 heterocycles. The van der Waals surface area contributed by atoms with Gasteiger partial charge in [-0.1, -0.05) is 18.6 Å². The van der Waals surface area contributed by atoms with Crippen LogP contribution < -0.4 is 0 Å². The van der Waals surface area contributed by atoms with Crippen LogP contribution in [0.4, 0.5) is 0 Å². The smallest absolute Gasteiger partial charge is 0.338 e. The van der Waals surface area contributed by atoms with E-state index in [1.807, 2.05) is 12.1 Å². The van der Waals surface area contributed by atoms with Crippen LogP contribution in [0.1, 0.15) is 48.0 Å². The minimum Gasteiger partial charge on any atom is -0.462 e. The van der Waals surface area contributed by atoms with E-state index in [1.54, 1.807) is 19.1 Å². The van der Waals surface area contributed by atoms with E-state index in [1.165, 1.54) is 0 Å². The zero-order valence-corrected chi connectivity index (χ0v) is 10.1. The monoisotopic (exact) mass is 234 g/mol. The molecule has 0 spiro atoms.